The van der Waals surface area contributed by atoms with Crippen molar-refractivity contribution in [1.29, 1.82) is 0 Å². The van der Waals surface area contributed by atoms with Crippen LogP contribution in [0.15, 0.2) is 24.3 Å². The minimum atomic E-state index is -4.21. The van der Waals surface area contributed by atoms with Crippen molar-refractivity contribution < 1.29 is 32.6 Å². The fourth-order valence-electron chi connectivity index (χ4n) is 3.74. The summed E-state index contributed by atoms with van der Waals surface area (Å²) >= 11 is 0. The van der Waals surface area contributed by atoms with Crippen LogP contribution < -0.4 is 0 Å². The summed E-state index contributed by atoms with van der Waals surface area (Å²) in [5.74, 6) is -1.46. The number of amides is 1. The Morgan fingerprint density at radius 2 is 1.96 bits per heavy atom. The zero-order chi connectivity index (χ0) is 18.9. The number of nitrogens with zero attached hydrogens (tertiary/aromatic N) is 1. The van der Waals surface area contributed by atoms with Crippen LogP contribution in [-0.2, 0) is 16.0 Å². The highest BCUT2D eigenvalue weighted by Crippen LogP contribution is 2.42. The van der Waals surface area contributed by atoms with Crippen LogP contribution in [0.5, 0.6) is 0 Å². The molecule has 0 saturated carbocycles. The molecule has 1 amide bonds. The SMILES string of the molecule is O=C(c1ccc(CCC(F)(F)F)cc1)N1C[C@H]2COCC[C@@]2(C(=O)O)C1. The number of aryl methyl sites for hydroxylation is 1. The molecule has 2 atom stereocenters. The molecule has 2 aliphatic heterocycles. The summed E-state index contributed by atoms with van der Waals surface area (Å²) in [6, 6.07) is 6.02. The Balaban J connectivity index is 1.69. The Morgan fingerprint density at radius 3 is 2.54 bits per heavy atom. The van der Waals surface area contributed by atoms with Crippen LogP contribution in [0.25, 0.3) is 0 Å². The maximum atomic E-state index is 12.7. The highest BCUT2D eigenvalue weighted by molar-refractivity contribution is 5.95. The number of halogens is 3. The van der Waals surface area contributed by atoms with Gasteiger partial charge < -0.3 is 14.7 Å². The van der Waals surface area contributed by atoms with E-state index in [-0.39, 0.29) is 24.8 Å². The van der Waals surface area contributed by atoms with Crippen molar-refractivity contribution in [2.45, 2.75) is 25.4 Å². The molecule has 5 nitrogen and oxygen atoms in total. The molecule has 0 spiro atoms. The van der Waals surface area contributed by atoms with Crippen molar-refractivity contribution in [3.05, 3.63) is 35.4 Å². The molecule has 0 aliphatic carbocycles. The first-order valence-electron chi connectivity index (χ1n) is 8.47. The molecule has 8 heteroatoms. The largest absolute Gasteiger partial charge is 0.481 e. The number of alkyl halides is 3. The van der Waals surface area contributed by atoms with Gasteiger partial charge in [0.2, 0.25) is 0 Å². The summed E-state index contributed by atoms with van der Waals surface area (Å²) in [6.07, 6.45) is -4.89. The molecule has 1 N–H and O–H groups in total. The second-order valence-corrected chi connectivity index (χ2v) is 6.98. The zero-order valence-electron chi connectivity index (χ0n) is 14.1. The van der Waals surface area contributed by atoms with Crippen molar-refractivity contribution in [2.75, 3.05) is 26.3 Å². The smallest absolute Gasteiger partial charge is 0.389 e. The molecule has 0 aromatic heterocycles. The van der Waals surface area contributed by atoms with E-state index in [0.717, 1.165) is 0 Å². The van der Waals surface area contributed by atoms with E-state index in [0.29, 0.717) is 37.3 Å². The van der Waals surface area contributed by atoms with Gasteiger partial charge in [-0.25, -0.2) is 0 Å². The van der Waals surface area contributed by atoms with Crippen molar-refractivity contribution >= 4 is 11.9 Å². The average molecular weight is 371 g/mol. The Labute approximate surface area is 148 Å². The highest BCUT2D eigenvalue weighted by atomic mass is 19.4. The van der Waals surface area contributed by atoms with Crippen LogP contribution >= 0.6 is 0 Å². The van der Waals surface area contributed by atoms with E-state index in [1.165, 1.54) is 29.2 Å². The van der Waals surface area contributed by atoms with Gasteiger partial charge in [-0.05, 0) is 30.5 Å². The van der Waals surface area contributed by atoms with E-state index in [1.807, 2.05) is 0 Å². The summed E-state index contributed by atoms with van der Waals surface area (Å²) in [7, 11) is 0. The third kappa shape index (κ3) is 3.70. The summed E-state index contributed by atoms with van der Waals surface area (Å²) in [4.78, 5) is 26.0. The second kappa shape index (κ2) is 6.90. The topological polar surface area (TPSA) is 66.8 Å². The van der Waals surface area contributed by atoms with Crippen molar-refractivity contribution in [2.24, 2.45) is 11.3 Å². The van der Waals surface area contributed by atoms with Crippen LogP contribution in [0.1, 0.15) is 28.8 Å². The molecular formula is C18H20F3NO4. The lowest BCUT2D eigenvalue weighted by Crippen LogP contribution is -2.45. The highest BCUT2D eigenvalue weighted by Gasteiger charge is 2.54. The van der Waals surface area contributed by atoms with Crippen LogP contribution in [0, 0.1) is 11.3 Å². The number of aliphatic carboxylic acids is 1. The predicted octanol–water partition coefficient (Wildman–Crippen LogP) is 2.74. The third-order valence-corrected chi connectivity index (χ3v) is 5.32. The lowest BCUT2D eigenvalue weighted by atomic mass is 9.74. The monoisotopic (exact) mass is 371 g/mol. The zero-order valence-corrected chi connectivity index (χ0v) is 14.1. The number of fused-ring (bicyclic) bond motifs is 1. The van der Waals surface area contributed by atoms with Gasteiger partial charge in [-0.3, -0.25) is 9.59 Å². The Morgan fingerprint density at radius 1 is 1.27 bits per heavy atom. The number of hydrogen-bond acceptors (Lipinski definition) is 3. The second-order valence-electron chi connectivity index (χ2n) is 6.98. The molecule has 2 fully saturated rings. The van der Waals surface area contributed by atoms with Crippen LogP contribution in [-0.4, -0.2) is 54.4 Å². The summed E-state index contributed by atoms with van der Waals surface area (Å²) < 4.78 is 42.2. The molecule has 2 heterocycles. The summed E-state index contributed by atoms with van der Waals surface area (Å²) in [6.45, 7) is 1.11. The number of carbonyl (C=O) groups excluding carboxylic acids is 1. The van der Waals surface area contributed by atoms with Crippen molar-refractivity contribution in [3.63, 3.8) is 0 Å². The van der Waals surface area contributed by atoms with Gasteiger partial charge in [0.05, 0.1) is 12.0 Å². The van der Waals surface area contributed by atoms with Crippen LogP contribution in [0.3, 0.4) is 0 Å². The van der Waals surface area contributed by atoms with Gasteiger partial charge in [0.25, 0.3) is 5.91 Å². The molecule has 2 aliphatic rings. The lowest BCUT2D eigenvalue weighted by molar-refractivity contribution is -0.157. The Kier molecular flexibility index (Phi) is 4.96. The van der Waals surface area contributed by atoms with Gasteiger partial charge in [0.1, 0.15) is 0 Å². The van der Waals surface area contributed by atoms with Crippen molar-refractivity contribution in [1.82, 2.24) is 4.90 Å². The molecule has 2 saturated heterocycles. The fourth-order valence-corrected chi connectivity index (χ4v) is 3.74. The number of likely N-dealkylation sites (tertiary alicyclic amines) is 1. The van der Waals surface area contributed by atoms with Gasteiger partial charge in [-0.1, -0.05) is 12.1 Å². The van der Waals surface area contributed by atoms with E-state index < -0.39 is 24.0 Å². The summed E-state index contributed by atoms with van der Waals surface area (Å²) in [5, 5.41) is 9.65. The van der Waals surface area contributed by atoms with Crippen molar-refractivity contribution in [3.8, 4) is 0 Å². The van der Waals surface area contributed by atoms with Gasteiger partial charge in [0.15, 0.2) is 0 Å². The van der Waals surface area contributed by atoms with Gasteiger partial charge in [-0.15, -0.1) is 0 Å². The standard InChI is InChI=1S/C18H20F3NO4/c19-18(20,21)6-5-12-1-3-13(4-2-12)15(23)22-9-14-10-26-8-7-17(14,11-22)16(24)25/h1-4,14H,5-11H2,(H,24,25)/t14-,17+/m0/s1. The number of hydrogen-bond donors (Lipinski definition) is 1. The maximum absolute atomic E-state index is 12.7. The first kappa shape index (κ1) is 18.7. The maximum Gasteiger partial charge on any atom is 0.389 e. The molecule has 0 bridgehead atoms. The fraction of sp³-hybridized carbons (Fsp3) is 0.556. The first-order chi connectivity index (χ1) is 12.2. The van der Waals surface area contributed by atoms with Crippen LogP contribution in [0.2, 0.25) is 0 Å². The van der Waals surface area contributed by atoms with E-state index in [2.05, 4.69) is 0 Å². The normalized spacial score (nSPS) is 25.8. The van der Waals surface area contributed by atoms with E-state index in [4.69, 9.17) is 4.74 Å². The molecule has 0 radical (unpaired) electrons. The molecule has 142 valence electrons. The van der Waals surface area contributed by atoms with Crippen LogP contribution in [0.4, 0.5) is 13.2 Å². The van der Waals surface area contributed by atoms with Gasteiger partial charge >= 0.3 is 12.1 Å². The minimum Gasteiger partial charge on any atom is -0.481 e. The molecule has 26 heavy (non-hydrogen) atoms. The molecule has 1 aromatic rings. The molecule has 3 rings (SSSR count). The van der Waals surface area contributed by atoms with Gasteiger partial charge in [0, 0.05) is 37.6 Å². The average Bonchev–Trinajstić information content (AvgIpc) is 3.00. The third-order valence-electron chi connectivity index (χ3n) is 5.32. The van der Waals surface area contributed by atoms with E-state index in [9.17, 15) is 27.9 Å². The quantitative estimate of drug-likeness (QED) is 0.884. The molecule has 1 aromatic carbocycles. The minimum absolute atomic E-state index is 0.130. The number of carboxylic acid groups (broad SMARTS) is 1. The predicted molar refractivity (Wildman–Crippen MR) is 85.7 cm³/mol. The number of rotatable bonds is 4. The number of ether oxygens (including phenoxy) is 1. The number of benzene rings is 1. The lowest BCUT2D eigenvalue weighted by Gasteiger charge is -2.33. The Hall–Kier alpha value is -2.09. The van der Waals surface area contributed by atoms with Gasteiger partial charge in [-0.2, -0.15) is 13.2 Å². The van der Waals surface area contributed by atoms with E-state index >= 15 is 0 Å². The summed E-state index contributed by atoms with van der Waals surface area (Å²) in [5.41, 5.74) is -0.120. The molecular weight excluding hydrogens is 351 g/mol. The number of carboxylic acids is 1. The molecule has 0 unspecified atom stereocenters. The Bertz CT molecular complexity index is 689. The number of carbonyl (C=O) groups is 2. The van der Waals surface area contributed by atoms with E-state index in [1.54, 1.807) is 0 Å². The first-order valence-corrected chi connectivity index (χ1v) is 8.47.